The fourth-order valence-corrected chi connectivity index (χ4v) is 1.60. The molecule has 92 valence electrons. The zero-order valence-corrected chi connectivity index (χ0v) is 9.89. The number of rotatable bonds is 6. The van der Waals surface area contributed by atoms with Crippen molar-refractivity contribution in [3.05, 3.63) is 23.8 Å². The van der Waals surface area contributed by atoms with Gasteiger partial charge in [-0.2, -0.15) is 5.26 Å². The maximum atomic E-state index is 9.03. The van der Waals surface area contributed by atoms with Crippen molar-refractivity contribution >= 4 is 11.4 Å². The summed E-state index contributed by atoms with van der Waals surface area (Å²) in [4.78, 5) is 1.90. The number of nitrogens with two attached hydrogens (primary N) is 1. The van der Waals surface area contributed by atoms with E-state index in [1.54, 1.807) is 19.2 Å². The van der Waals surface area contributed by atoms with E-state index in [4.69, 9.17) is 20.8 Å². The molecule has 0 aliphatic carbocycles. The molecule has 0 aliphatic rings. The molecule has 1 aromatic carbocycles. The third-order valence-corrected chi connectivity index (χ3v) is 2.48. The van der Waals surface area contributed by atoms with Gasteiger partial charge in [0.05, 0.1) is 30.2 Å². The quantitative estimate of drug-likeness (QED) is 0.705. The largest absolute Gasteiger partial charge is 0.396 e. The van der Waals surface area contributed by atoms with E-state index < -0.39 is 0 Å². The Kier molecular flexibility index (Phi) is 5.27. The fourth-order valence-electron chi connectivity index (χ4n) is 1.60. The van der Waals surface area contributed by atoms with Gasteiger partial charge in [-0.25, -0.2) is 0 Å². The molecule has 0 heterocycles. The van der Waals surface area contributed by atoms with Gasteiger partial charge in [-0.3, -0.25) is 0 Å². The molecule has 3 N–H and O–H groups in total. The first-order valence-electron chi connectivity index (χ1n) is 5.38. The molecule has 0 bridgehead atoms. The van der Waals surface area contributed by atoms with Crippen LogP contribution in [0.3, 0.4) is 0 Å². The van der Waals surface area contributed by atoms with Gasteiger partial charge in [-0.15, -0.1) is 0 Å². The summed E-state index contributed by atoms with van der Waals surface area (Å²) in [5.74, 6) is 0. The number of hydrogen-bond acceptors (Lipinski definition) is 5. The third kappa shape index (κ3) is 3.34. The summed E-state index contributed by atoms with van der Waals surface area (Å²) >= 11 is 0. The van der Waals surface area contributed by atoms with E-state index in [2.05, 4.69) is 0 Å². The lowest BCUT2D eigenvalue weighted by molar-refractivity contribution is 0.203. The lowest BCUT2D eigenvalue weighted by atomic mass is 10.1. The van der Waals surface area contributed by atoms with Crippen molar-refractivity contribution < 1.29 is 9.84 Å². The van der Waals surface area contributed by atoms with Crippen LogP contribution in [0.4, 0.5) is 11.4 Å². The van der Waals surface area contributed by atoms with Crippen LogP contribution in [0.2, 0.25) is 0 Å². The number of nitriles is 1. The number of aliphatic hydroxyl groups excluding tert-OH is 1. The summed E-state index contributed by atoms with van der Waals surface area (Å²) in [6.45, 7) is 1.65. The van der Waals surface area contributed by atoms with Gasteiger partial charge in [-0.05, 0) is 12.1 Å². The van der Waals surface area contributed by atoms with Gasteiger partial charge in [0, 0.05) is 20.2 Å². The third-order valence-electron chi connectivity index (χ3n) is 2.48. The van der Waals surface area contributed by atoms with E-state index in [1.807, 2.05) is 17.0 Å². The maximum absolute atomic E-state index is 9.03. The number of anilines is 2. The SMILES string of the molecule is COCCN(CCO)c1cccc(C#N)c1N. The Morgan fingerprint density at radius 2 is 2.24 bits per heavy atom. The van der Waals surface area contributed by atoms with Crippen molar-refractivity contribution in [2.24, 2.45) is 0 Å². The predicted molar refractivity (Wildman–Crippen MR) is 66.7 cm³/mol. The molecule has 0 amide bonds. The van der Waals surface area contributed by atoms with Crippen LogP contribution in [0.15, 0.2) is 18.2 Å². The van der Waals surface area contributed by atoms with Crippen molar-refractivity contribution in [3.8, 4) is 6.07 Å². The molecule has 0 fully saturated rings. The number of ether oxygens (including phenoxy) is 1. The second-order valence-corrected chi connectivity index (χ2v) is 3.55. The Labute approximate surface area is 101 Å². The Balaban J connectivity index is 2.97. The molecule has 0 aromatic heterocycles. The molecule has 17 heavy (non-hydrogen) atoms. The molecule has 0 spiro atoms. The summed E-state index contributed by atoms with van der Waals surface area (Å²) in [7, 11) is 1.62. The average molecular weight is 235 g/mol. The van der Waals surface area contributed by atoms with Crippen molar-refractivity contribution in [1.82, 2.24) is 0 Å². The van der Waals surface area contributed by atoms with Gasteiger partial charge in [0.25, 0.3) is 0 Å². The minimum absolute atomic E-state index is 0.0277. The Bertz CT molecular complexity index is 401. The Hall–Kier alpha value is -1.77. The van der Waals surface area contributed by atoms with E-state index in [1.165, 1.54) is 0 Å². The summed E-state index contributed by atoms with van der Waals surface area (Å²) < 4.78 is 5.01. The van der Waals surface area contributed by atoms with Crippen LogP contribution >= 0.6 is 0 Å². The van der Waals surface area contributed by atoms with Crippen LogP contribution in [-0.4, -0.2) is 38.5 Å². The zero-order chi connectivity index (χ0) is 12.7. The number of aliphatic hydroxyl groups is 1. The molecule has 1 aromatic rings. The fraction of sp³-hybridized carbons (Fsp3) is 0.417. The minimum Gasteiger partial charge on any atom is -0.396 e. The number of hydrogen-bond donors (Lipinski definition) is 2. The van der Waals surface area contributed by atoms with Gasteiger partial charge in [0.1, 0.15) is 6.07 Å². The number of nitrogen functional groups attached to an aromatic ring is 1. The minimum atomic E-state index is 0.0277. The highest BCUT2D eigenvalue weighted by Crippen LogP contribution is 2.25. The van der Waals surface area contributed by atoms with E-state index in [0.29, 0.717) is 30.9 Å². The smallest absolute Gasteiger partial charge is 0.101 e. The predicted octanol–water partition coefficient (Wildman–Crippen LogP) is 0.586. The summed E-state index contributed by atoms with van der Waals surface area (Å²) in [6.07, 6.45) is 0. The number of methoxy groups -OCH3 is 1. The van der Waals surface area contributed by atoms with Crippen LogP contribution in [0.1, 0.15) is 5.56 Å². The molecule has 0 saturated heterocycles. The van der Waals surface area contributed by atoms with Gasteiger partial charge < -0.3 is 20.5 Å². The topological polar surface area (TPSA) is 82.5 Å². The molecule has 0 atom stereocenters. The van der Waals surface area contributed by atoms with Crippen LogP contribution in [0.5, 0.6) is 0 Å². The van der Waals surface area contributed by atoms with Crippen molar-refractivity contribution in [3.63, 3.8) is 0 Å². The summed E-state index contributed by atoms with van der Waals surface area (Å²) in [5.41, 5.74) is 7.56. The monoisotopic (exact) mass is 235 g/mol. The van der Waals surface area contributed by atoms with Gasteiger partial charge in [0.15, 0.2) is 0 Å². The lowest BCUT2D eigenvalue weighted by Crippen LogP contribution is -2.30. The van der Waals surface area contributed by atoms with Gasteiger partial charge in [-0.1, -0.05) is 6.07 Å². The maximum Gasteiger partial charge on any atom is 0.101 e. The molecule has 0 saturated carbocycles. The summed E-state index contributed by atoms with van der Waals surface area (Å²) in [5, 5.41) is 17.9. The normalized spacial score (nSPS) is 9.94. The van der Waals surface area contributed by atoms with Crippen LogP contribution in [-0.2, 0) is 4.74 Å². The second kappa shape index (κ2) is 6.74. The Morgan fingerprint density at radius 1 is 1.47 bits per heavy atom. The molecule has 0 radical (unpaired) electrons. The van der Waals surface area contributed by atoms with Gasteiger partial charge in [0.2, 0.25) is 0 Å². The molecular formula is C12H17N3O2. The molecular weight excluding hydrogens is 218 g/mol. The highest BCUT2D eigenvalue weighted by molar-refractivity contribution is 5.73. The molecule has 5 heteroatoms. The first-order valence-corrected chi connectivity index (χ1v) is 5.38. The standard InChI is InChI=1S/C12H17N3O2/c1-17-8-6-15(5-7-16)11-4-2-3-10(9-13)12(11)14/h2-4,16H,5-8,14H2,1H3. The average Bonchev–Trinajstić information content (AvgIpc) is 2.35. The van der Waals surface area contributed by atoms with E-state index >= 15 is 0 Å². The van der Waals surface area contributed by atoms with Crippen molar-refractivity contribution in [1.29, 1.82) is 5.26 Å². The van der Waals surface area contributed by atoms with E-state index in [0.717, 1.165) is 5.69 Å². The van der Waals surface area contributed by atoms with Crippen molar-refractivity contribution in [2.45, 2.75) is 0 Å². The van der Waals surface area contributed by atoms with Crippen LogP contribution in [0, 0.1) is 11.3 Å². The first kappa shape index (κ1) is 13.3. The van der Waals surface area contributed by atoms with Crippen molar-refractivity contribution in [2.75, 3.05) is 44.0 Å². The first-order chi connectivity index (χ1) is 8.24. The highest BCUT2D eigenvalue weighted by Gasteiger charge is 2.11. The second-order valence-electron chi connectivity index (χ2n) is 3.55. The Morgan fingerprint density at radius 3 is 2.82 bits per heavy atom. The molecule has 0 unspecified atom stereocenters. The summed E-state index contributed by atoms with van der Waals surface area (Å²) in [6, 6.07) is 7.33. The number of nitrogens with zero attached hydrogens (tertiary/aromatic N) is 2. The van der Waals surface area contributed by atoms with E-state index in [9.17, 15) is 0 Å². The lowest BCUT2D eigenvalue weighted by Gasteiger charge is -2.25. The van der Waals surface area contributed by atoms with Gasteiger partial charge >= 0.3 is 0 Å². The highest BCUT2D eigenvalue weighted by atomic mass is 16.5. The van der Waals surface area contributed by atoms with Crippen LogP contribution < -0.4 is 10.6 Å². The van der Waals surface area contributed by atoms with Crippen LogP contribution in [0.25, 0.3) is 0 Å². The molecule has 5 nitrogen and oxygen atoms in total. The molecule has 0 aliphatic heterocycles. The molecule has 1 rings (SSSR count). The van der Waals surface area contributed by atoms with E-state index in [-0.39, 0.29) is 6.61 Å². The number of para-hydroxylation sites is 1. The zero-order valence-electron chi connectivity index (χ0n) is 9.89. The number of benzene rings is 1.